The molecular weight excluding hydrogens is 356 g/mol. The quantitative estimate of drug-likeness (QED) is 0.171. The molecule has 174 valence electrons. The Bertz CT molecular complexity index is 329. The van der Waals surface area contributed by atoms with Crippen LogP contribution in [0.4, 0.5) is 0 Å². The number of unbranched alkanes of at least 4 members (excludes halogenated alkanes) is 14. The molecule has 2 N–H and O–H groups in total. The third kappa shape index (κ3) is 21.9. The highest BCUT2D eigenvalue weighted by atomic mass is 16.1. The van der Waals surface area contributed by atoms with E-state index in [2.05, 4.69) is 31.4 Å². The molecule has 0 aromatic carbocycles. The molecule has 0 atom stereocenters. The van der Waals surface area contributed by atoms with E-state index in [4.69, 9.17) is 0 Å². The molecule has 0 spiro atoms. The highest BCUT2D eigenvalue weighted by Gasteiger charge is 2.03. The summed E-state index contributed by atoms with van der Waals surface area (Å²) in [7, 11) is 0. The van der Waals surface area contributed by atoms with Crippen molar-refractivity contribution in [2.75, 3.05) is 13.1 Å². The summed E-state index contributed by atoms with van der Waals surface area (Å²) >= 11 is 0. The van der Waals surface area contributed by atoms with Crippen LogP contribution in [0.5, 0.6) is 0 Å². The molecule has 0 saturated heterocycles. The number of rotatable bonds is 23. The first-order valence-corrected chi connectivity index (χ1v) is 13.2. The van der Waals surface area contributed by atoms with Gasteiger partial charge in [0, 0.05) is 19.0 Å². The second kappa shape index (κ2) is 23.7. The van der Waals surface area contributed by atoms with E-state index < -0.39 is 0 Å². The van der Waals surface area contributed by atoms with Crippen molar-refractivity contribution in [3.8, 4) is 0 Å². The van der Waals surface area contributed by atoms with Gasteiger partial charge in [-0.3, -0.25) is 4.79 Å². The van der Waals surface area contributed by atoms with Crippen molar-refractivity contribution >= 4 is 5.91 Å². The van der Waals surface area contributed by atoms with Crippen molar-refractivity contribution in [2.45, 2.75) is 149 Å². The van der Waals surface area contributed by atoms with E-state index in [1.807, 2.05) is 0 Å². The van der Waals surface area contributed by atoms with Crippen LogP contribution in [0.2, 0.25) is 0 Å². The Morgan fingerprint density at radius 3 is 1.48 bits per heavy atom. The van der Waals surface area contributed by atoms with Crippen LogP contribution in [0.15, 0.2) is 0 Å². The molecule has 0 rings (SSSR count). The van der Waals surface area contributed by atoms with Crippen LogP contribution >= 0.6 is 0 Å². The molecule has 0 aliphatic rings. The predicted molar refractivity (Wildman–Crippen MR) is 130 cm³/mol. The summed E-state index contributed by atoms with van der Waals surface area (Å²) in [5.74, 6) is 0.238. The van der Waals surface area contributed by atoms with E-state index in [-0.39, 0.29) is 5.91 Å². The summed E-state index contributed by atoms with van der Waals surface area (Å²) in [5.41, 5.74) is 0. The smallest absolute Gasteiger partial charge is 0.219 e. The third-order valence-corrected chi connectivity index (χ3v) is 6.10. The fraction of sp³-hybridized carbons (Fsp3) is 0.962. The summed E-state index contributed by atoms with van der Waals surface area (Å²) in [6.45, 7) is 8.55. The Kier molecular flexibility index (Phi) is 23.2. The van der Waals surface area contributed by atoms with Crippen molar-refractivity contribution in [1.29, 1.82) is 0 Å². The van der Waals surface area contributed by atoms with Crippen LogP contribution in [0, 0.1) is 0 Å². The minimum absolute atomic E-state index is 0.238. The highest BCUT2D eigenvalue weighted by molar-refractivity contribution is 5.75. The molecular formula is C26H54N2O. The molecule has 0 aromatic heterocycles. The van der Waals surface area contributed by atoms with Gasteiger partial charge in [-0.2, -0.15) is 0 Å². The van der Waals surface area contributed by atoms with Gasteiger partial charge in [-0.05, 0) is 32.2 Å². The Labute approximate surface area is 183 Å². The van der Waals surface area contributed by atoms with Gasteiger partial charge in [-0.25, -0.2) is 0 Å². The summed E-state index contributed by atoms with van der Waals surface area (Å²) < 4.78 is 0. The third-order valence-electron chi connectivity index (χ3n) is 6.10. The Morgan fingerprint density at radius 1 is 0.586 bits per heavy atom. The molecule has 0 fully saturated rings. The SMILES string of the molecule is CCCCCCCCCCCCCCCCCC(=O)NCCCNC(CC)CC. The number of nitrogens with one attached hydrogen (secondary N) is 2. The van der Waals surface area contributed by atoms with Gasteiger partial charge in [0.1, 0.15) is 0 Å². The summed E-state index contributed by atoms with van der Waals surface area (Å²) in [4.78, 5) is 11.9. The maximum absolute atomic E-state index is 11.9. The standard InChI is InChI=1S/C26H54N2O/c1-4-7-8-9-10-11-12-13-14-15-16-17-18-19-20-22-26(29)28-24-21-23-27-25(5-2)6-3/h25,27H,4-24H2,1-3H3,(H,28,29). The number of carbonyl (C=O) groups excluding carboxylic acids is 1. The predicted octanol–water partition coefficient (Wildman–Crippen LogP) is 7.53. The molecule has 0 radical (unpaired) electrons. The first kappa shape index (κ1) is 28.4. The van der Waals surface area contributed by atoms with E-state index in [1.165, 1.54) is 103 Å². The van der Waals surface area contributed by atoms with E-state index in [0.29, 0.717) is 12.5 Å². The van der Waals surface area contributed by atoms with Crippen LogP contribution in [-0.4, -0.2) is 25.0 Å². The van der Waals surface area contributed by atoms with Crippen molar-refractivity contribution in [2.24, 2.45) is 0 Å². The molecule has 0 aliphatic heterocycles. The summed E-state index contributed by atoms with van der Waals surface area (Å²) in [5, 5.41) is 6.60. The second-order valence-electron chi connectivity index (χ2n) is 8.87. The molecule has 3 nitrogen and oxygen atoms in total. The van der Waals surface area contributed by atoms with Crippen molar-refractivity contribution in [1.82, 2.24) is 10.6 Å². The van der Waals surface area contributed by atoms with Crippen LogP contribution in [-0.2, 0) is 4.79 Å². The van der Waals surface area contributed by atoms with E-state index in [1.54, 1.807) is 0 Å². The van der Waals surface area contributed by atoms with Crippen LogP contribution in [0.25, 0.3) is 0 Å². The van der Waals surface area contributed by atoms with Crippen molar-refractivity contribution in [3.05, 3.63) is 0 Å². The van der Waals surface area contributed by atoms with Crippen LogP contribution < -0.4 is 10.6 Å². The monoisotopic (exact) mass is 410 g/mol. The van der Waals surface area contributed by atoms with Crippen molar-refractivity contribution in [3.63, 3.8) is 0 Å². The lowest BCUT2D eigenvalue weighted by atomic mass is 10.0. The lowest BCUT2D eigenvalue weighted by Crippen LogP contribution is -2.31. The Balaban J connectivity index is 3.19. The van der Waals surface area contributed by atoms with Gasteiger partial charge in [-0.15, -0.1) is 0 Å². The largest absolute Gasteiger partial charge is 0.356 e. The van der Waals surface area contributed by atoms with Gasteiger partial charge in [0.05, 0.1) is 0 Å². The molecule has 0 unspecified atom stereocenters. The number of amides is 1. The first-order valence-electron chi connectivity index (χ1n) is 13.2. The van der Waals surface area contributed by atoms with Gasteiger partial charge in [-0.1, -0.05) is 111 Å². The van der Waals surface area contributed by atoms with Crippen molar-refractivity contribution < 1.29 is 4.79 Å². The number of carbonyl (C=O) groups is 1. The van der Waals surface area contributed by atoms with E-state index in [9.17, 15) is 4.79 Å². The minimum atomic E-state index is 0.238. The van der Waals surface area contributed by atoms with Gasteiger partial charge < -0.3 is 10.6 Å². The fourth-order valence-corrected chi connectivity index (χ4v) is 3.94. The second-order valence-corrected chi connectivity index (χ2v) is 8.87. The average Bonchev–Trinajstić information content (AvgIpc) is 2.73. The Hall–Kier alpha value is -0.570. The maximum atomic E-state index is 11.9. The summed E-state index contributed by atoms with van der Waals surface area (Å²) in [6.07, 6.45) is 24.6. The van der Waals surface area contributed by atoms with Gasteiger partial charge in [0.25, 0.3) is 0 Å². The molecule has 0 saturated carbocycles. The average molecular weight is 411 g/mol. The van der Waals surface area contributed by atoms with E-state index in [0.717, 1.165) is 25.9 Å². The molecule has 0 heterocycles. The topological polar surface area (TPSA) is 41.1 Å². The van der Waals surface area contributed by atoms with E-state index >= 15 is 0 Å². The number of hydrogen-bond acceptors (Lipinski definition) is 2. The maximum Gasteiger partial charge on any atom is 0.219 e. The van der Waals surface area contributed by atoms with Gasteiger partial charge >= 0.3 is 0 Å². The van der Waals surface area contributed by atoms with Gasteiger partial charge in [0.2, 0.25) is 5.91 Å². The van der Waals surface area contributed by atoms with Crippen LogP contribution in [0.1, 0.15) is 143 Å². The fourth-order valence-electron chi connectivity index (χ4n) is 3.94. The highest BCUT2D eigenvalue weighted by Crippen LogP contribution is 2.13. The molecule has 0 aromatic rings. The molecule has 1 amide bonds. The lowest BCUT2D eigenvalue weighted by molar-refractivity contribution is -0.121. The van der Waals surface area contributed by atoms with Gasteiger partial charge in [0.15, 0.2) is 0 Å². The molecule has 29 heavy (non-hydrogen) atoms. The zero-order valence-corrected chi connectivity index (χ0v) is 20.3. The molecule has 0 aliphatic carbocycles. The molecule has 3 heteroatoms. The molecule has 0 bridgehead atoms. The first-order chi connectivity index (χ1) is 14.2. The number of hydrogen-bond donors (Lipinski definition) is 2. The Morgan fingerprint density at radius 2 is 1.03 bits per heavy atom. The van der Waals surface area contributed by atoms with Crippen LogP contribution in [0.3, 0.4) is 0 Å². The summed E-state index contributed by atoms with van der Waals surface area (Å²) in [6, 6.07) is 0.631. The normalized spacial score (nSPS) is 11.3. The lowest BCUT2D eigenvalue weighted by Gasteiger charge is -2.14. The zero-order chi connectivity index (χ0) is 21.4. The minimum Gasteiger partial charge on any atom is -0.356 e. The zero-order valence-electron chi connectivity index (χ0n) is 20.3.